The van der Waals surface area contributed by atoms with Gasteiger partial charge in [0.25, 0.3) is 0 Å². The SMILES string of the molecule is Nc1ncc(Cl)cc1C(=O)C1CCC(N)C1. The maximum Gasteiger partial charge on any atom is 0.169 e. The predicted molar refractivity (Wildman–Crippen MR) is 63.3 cm³/mol. The van der Waals surface area contributed by atoms with Crippen molar-refractivity contribution in [2.75, 3.05) is 5.73 Å². The number of pyridine rings is 1. The van der Waals surface area contributed by atoms with Crippen LogP contribution in [-0.2, 0) is 0 Å². The van der Waals surface area contributed by atoms with Crippen molar-refractivity contribution in [3.63, 3.8) is 0 Å². The second-order valence-electron chi connectivity index (χ2n) is 4.22. The molecule has 0 saturated heterocycles. The quantitative estimate of drug-likeness (QED) is 0.769. The molecule has 2 unspecified atom stereocenters. The van der Waals surface area contributed by atoms with Crippen LogP contribution in [0, 0.1) is 5.92 Å². The van der Waals surface area contributed by atoms with Gasteiger partial charge >= 0.3 is 0 Å². The van der Waals surface area contributed by atoms with Crippen LogP contribution in [0.3, 0.4) is 0 Å². The Morgan fingerprint density at radius 3 is 2.88 bits per heavy atom. The van der Waals surface area contributed by atoms with E-state index in [0.717, 1.165) is 19.3 Å². The van der Waals surface area contributed by atoms with Crippen molar-refractivity contribution in [3.05, 3.63) is 22.8 Å². The Bertz CT molecular complexity index is 422. The fourth-order valence-corrected chi connectivity index (χ4v) is 2.28. The molecule has 86 valence electrons. The fourth-order valence-electron chi connectivity index (χ4n) is 2.12. The molecule has 2 atom stereocenters. The molecule has 0 aromatic carbocycles. The largest absolute Gasteiger partial charge is 0.383 e. The molecular formula is C11H14ClN3O. The van der Waals surface area contributed by atoms with Gasteiger partial charge in [0.2, 0.25) is 0 Å². The first kappa shape index (κ1) is 11.4. The second kappa shape index (κ2) is 4.39. The molecule has 16 heavy (non-hydrogen) atoms. The summed E-state index contributed by atoms with van der Waals surface area (Å²) in [5.41, 5.74) is 11.9. The van der Waals surface area contributed by atoms with Crippen LogP contribution >= 0.6 is 11.6 Å². The van der Waals surface area contributed by atoms with Gasteiger partial charge in [-0.1, -0.05) is 11.6 Å². The minimum absolute atomic E-state index is 0.0143. The number of nitrogens with zero attached hydrogens (tertiary/aromatic N) is 1. The lowest BCUT2D eigenvalue weighted by molar-refractivity contribution is 0.0922. The maximum absolute atomic E-state index is 12.1. The molecule has 1 aliphatic carbocycles. The van der Waals surface area contributed by atoms with Gasteiger partial charge in [0.1, 0.15) is 5.82 Å². The van der Waals surface area contributed by atoms with Crippen LogP contribution in [0.15, 0.2) is 12.3 Å². The smallest absolute Gasteiger partial charge is 0.169 e. The van der Waals surface area contributed by atoms with E-state index in [-0.39, 0.29) is 23.6 Å². The van der Waals surface area contributed by atoms with Crippen molar-refractivity contribution in [1.29, 1.82) is 0 Å². The Balaban J connectivity index is 2.23. The summed E-state index contributed by atoms with van der Waals surface area (Å²) in [6, 6.07) is 1.71. The second-order valence-corrected chi connectivity index (χ2v) is 4.66. The number of nitrogen functional groups attached to an aromatic ring is 1. The predicted octanol–water partition coefficient (Wildman–Crippen LogP) is 1.63. The zero-order chi connectivity index (χ0) is 11.7. The van der Waals surface area contributed by atoms with Crippen LogP contribution in [0.1, 0.15) is 29.6 Å². The molecule has 1 heterocycles. The number of aromatic nitrogens is 1. The van der Waals surface area contributed by atoms with Crippen molar-refractivity contribution >= 4 is 23.2 Å². The zero-order valence-corrected chi connectivity index (χ0v) is 9.57. The molecule has 1 saturated carbocycles. The molecule has 0 aliphatic heterocycles. The van der Waals surface area contributed by atoms with Crippen LogP contribution in [0.4, 0.5) is 5.82 Å². The first-order valence-electron chi connectivity index (χ1n) is 5.28. The number of ketones is 1. The third-order valence-electron chi connectivity index (χ3n) is 2.99. The van der Waals surface area contributed by atoms with Crippen LogP contribution in [0.2, 0.25) is 5.02 Å². The van der Waals surface area contributed by atoms with E-state index in [2.05, 4.69) is 4.98 Å². The molecule has 4 nitrogen and oxygen atoms in total. The summed E-state index contributed by atoms with van der Waals surface area (Å²) >= 11 is 5.80. The van der Waals surface area contributed by atoms with Gasteiger partial charge < -0.3 is 11.5 Å². The molecule has 5 heteroatoms. The molecular weight excluding hydrogens is 226 g/mol. The Morgan fingerprint density at radius 2 is 2.25 bits per heavy atom. The van der Waals surface area contributed by atoms with E-state index in [1.807, 2.05) is 0 Å². The minimum Gasteiger partial charge on any atom is -0.383 e. The molecule has 4 N–H and O–H groups in total. The lowest BCUT2D eigenvalue weighted by Crippen LogP contribution is -2.19. The van der Waals surface area contributed by atoms with Gasteiger partial charge in [-0.3, -0.25) is 4.79 Å². The average molecular weight is 240 g/mol. The lowest BCUT2D eigenvalue weighted by atomic mass is 9.96. The van der Waals surface area contributed by atoms with Crippen molar-refractivity contribution in [2.45, 2.75) is 25.3 Å². The Kier molecular flexibility index (Phi) is 3.12. The normalized spacial score (nSPS) is 24.6. The van der Waals surface area contributed by atoms with E-state index in [1.165, 1.54) is 6.20 Å². The molecule has 1 aliphatic rings. The Morgan fingerprint density at radius 1 is 1.50 bits per heavy atom. The molecule has 0 amide bonds. The molecule has 0 radical (unpaired) electrons. The highest BCUT2D eigenvalue weighted by Gasteiger charge is 2.29. The fraction of sp³-hybridized carbons (Fsp3) is 0.455. The van der Waals surface area contributed by atoms with E-state index in [0.29, 0.717) is 10.6 Å². The summed E-state index contributed by atoms with van der Waals surface area (Å²) in [7, 11) is 0. The number of halogens is 1. The number of nitrogens with two attached hydrogens (primary N) is 2. The Labute approximate surface area is 99.0 Å². The maximum atomic E-state index is 12.1. The summed E-state index contributed by atoms with van der Waals surface area (Å²) < 4.78 is 0. The third-order valence-corrected chi connectivity index (χ3v) is 3.20. The number of rotatable bonds is 2. The van der Waals surface area contributed by atoms with Gasteiger partial charge in [0, 0.05) is 18.2 Å². The number of Topliss-reactive ketones (excluding diaryl/α,β-unsaturated/α-hetero) is 1. The molecule has 1 fully saturated rings. The van der Waals surface area contributed by atoms with Gasteiger partial charge in [-0.25, -0.2) is 4.98 Å². The van der Waals surface area contributed by atoms with Crippen LogP contribution < -0.4 is 11.5 Å². The van der Waals surface area contributed by atoms with Crippen LogP contribution in [0.25, 0.3) is 0 Å². The van der Waals surface area contributed by atoms with E-state index in [9.17, 15) is 4.79 Å². The number of hydrogen-bond acceptors (Lipinski definition) is 4. The van der Waals surface area contributed by atoms with Gasteiger partial charge in [-0.05, 0) is 25.3 Å². The first-order valence-corrected chi connectivity index (χ1v) is 5.66. The van der Waals surface area contributed by atoms with Gasteiger partial charge in [0.05, 0.1) is 10.6 Å². The highest BCUT2D eigenvalue weighted by atomic mass is 35.5. The molecule has 1 aromatic rings. The van der Waals surface area contributed by atoms with Gasteiger partial charge in [0.15, 0.2) is 5.78 Å². The van der Waals surface area contributed by atoms with Crippen LogP contribution in [-0.4, -0.2) is 16.8 Å². The Hall–Kier alpha value is -1.13. The van der Waals surface area contributed by atoms with Crippen molar-refractivity contribution in [1.82, 2.24) is 4.98 Å². The van der Waals surface area contributed by atoms with Crippen molar-refractivity contribution in [2.24, 2.45) is 11.7 Å². The third kappa shape index (κ3) is 2.18. The van der Waals surface area contributed by atoms with E-state index >= 15 is 0 Å². The number of carbonyl (C=O) groups excluding carboxylic acids is 1. The lowest BCUT2D eigenvalue weighted by Gasteiger charge is -2.10. The van der Waals surface area contributed by atoms with Gasteiger partial charge in [-0.15, -0.1) is 0 Å². The van der Waals surface area contributed by atoms with E-state index in [1.54, 1.807) is 6.07 Å². The molecule has 0 spiro atoms. The molecule has 0 bridgehead atoms. The van der Waals surface area contributed by atoms with E-state index in [4.69, 9.17) is 23.1 Å². The number of hydrogen-bond donors (Lipinski definition) is 2. The summed E-state index contributed by atoms with van der Waals surface area (Å²) in [6.07, 6.45) is 3.88. The summed E-state index contributed by atoms with van der Waals surface area (Å²) in [6.45, 7) is 0. The molecule has 2 rings (SSSR count). The minimum atomic E-state index is -0.0300. The van der Waals surface area contributed by atoms with Crippen molar-refractivity contribution in [3.8, 4) is 0 Å². The monoisotopic (exact) mass is 239 g/mol. The summed E-state index contributed by atoms with van der Waals surface area (Å²) in [5.74, 6) is 0.230. The summed E-state index contributed by atoms with van der Waals surface area (Å²) in [5, 5.41) is 0.430. The topological polar surface area (TPSA) is 82.0 Å². The van der Waals surface area contributed by atoms with Crippen molar-refractivity contribution < 1.29 is 4.79 Å². The number of anilines is 1. The van der Waals surface area contributed by atoms with Gasteiger partial charge in [-0.2, -0.15) is 0 Å². The van der Waals surface area contributed by atoms with E-state index < -0.39 is 0 Å². The highest BCUT2D eigenvalue weighted by molar-refractivity contribution is 6.31. The number of carbonyl (C=O) groups is 1. The van der Waals surface area contributed by atoms with Crippen LogP contribution in [0.5, 0.6) is 0 Å². The first-order chi connectivity index (χ1) is 7.58. The standard InChI is InChI=1S/C11H14ClN3O/c12-7-4-9(11(14)15-5-7)10(16)6-1-2-8(13)3-6/h4-6,8H,1-3,13H2,(H2,14,15). The molecule has 1 aromatic heterocycles. The summed E-state index contributed by atoms with van der Waals surface area (Å²) in [4.78, 5) is 16.0. The zero-order valence-electron chi connectivity index (χ0n) is 8.82. The average Bonchev–Trinajstić information content (AvgIpc) is 2.67. The highest BCUT2D eigenvalue weighted by Crippen LogP contribution is 2.29.